The highest BCUT2D eigenvalue weighted by molar-refractivity contribution is 8.48. The molecule has 2 atom stereocenters. The fourth-order valence-corrected chi connectivity index (χ4v) is 7.33. The number of anilines is 1. The Labute approximate surface area is 198 Å². The zero-order valence-electron chi connectivity index (χ0n) is 18.8. The molecule has 0 N–H and O–H groups in total. The van der Waals surface area contributed by atoms with Gasteiger partial charge in [0.05, 0.1) is 24.7 Å². The van der Waals surface area contributed by atoms with E-state index in [0.29, 0.717) is 24.0 Å². The smallest absolute Gasteiger partial charge is 0.231 e. The van der Waals surface area contributed by atoms with Gasteiger partial charge in [0.15, 0.2) is 0 Å². The van der Waals surface area contributed by atoms with Gasteiger partial charge >= 0.3 is 0 Å². The van der Waals surface area contributed by atoms with Gasteiger partial charge in [-0.1, -0.05) is 13.0 Å². The maximum absolute atomic E-state index is 14.0. The molecule has 34 heavy (non-hydrogen) atoms. The van der Waals surface area contributed by atoms with Crippen molar-refractivity contribution in [1.82, 2.24) is 15.0 Å². The predicted molar refractivity (Wildman–Crippen MR) is 127 cm³/mol. The summed E-state index contributed by atoms with van der Waals surface area (Å²) < 4.78 is 53.3. The molecular weight excluding hydrogens is 481 g/mol. The van der Waals surface area contributed by atoms with Crippen molar-refractivity contribution in [2.45, 2.75) is 37.6 Å². The third-order valence-electron chi connectivity index (χ3n) is 5.67. The van der Waals surface area contributed by atoms with E-state index in [-0.39, 0.29) is 16.8 Å². The number of aromatic nitrogens is 3. The summed E-state index contributed by atoms with van der Waals surface area (Å²) in [6, 6.07) is 9.70. The molecule has 0 spiro atoms. The van der Waals surface area contributed by atoms with Crippen LogP contribution in [0.15, 0.2) is 53.6 Å². The molecule has 4 rings (SSSR count). The van der Waals surface area contributed by atoms with Crippen LogP contribution in [0.25, 0.3) is 11.4 Å². The molecule has 3 aromatic heterocycles. The molecule has 1 saturated heterocycles. The first-order chi connectivity index (χ1) is 16.0. The Balaban J connectivity index is 1.79. The number of carbonyl (C=O) groups excluding carboxylic acids is 1. The molecule has 0 amide bonds. The Morgan fingerprint density at radius 3 is 2.47 bits per heavy atom. The van der Waals surface area contributed by atoms with E-state index in [4.69, 9.17) is 0 Å². The van der Waals surface area contributed by atoms with Crippen LogP contribution in [0.4, 0.5) is 14.6 Å². The summed E-state index contributed by atoms with van der Waals surface area (Å²) >= 11 is 0. The third kappa shape index (κ3) is 4.83. The van der Waals surface area contributed by atoms with Crippen LogP contribution in [-0.4, -0.2) is 41.0 Å². The first kappa shape index (κ1) is 24.3. The minimum absolute atomic E-state index is 0.105. The largest absolute Gasteiger partial charge is 0.351 e. The maximum atomic E-state index is 14.0. The molecule has 7 nitrogen and oxygen atoms in total. The lowest BCUT2D eigenvalue weighted by atomic mass is 9.97. The molecule has 1 unspecified atom stereocenters. The molecule has 1 fully saturated rings. The van der Waals surface area contributed by atoms with Crippen molar-refractivity contribution in [3.8, 4) is 11.4 Å². The Morgan fingerprint density at radius 1 is 1.09 bits per heavy atom. The second kappa shape index (κ2) is 9.07. The number of rotatable bonds is 6. The van der Waals surface area contributed by atoms with Crippen LogP contribution in [0.3, 0.4) is 0 Å². The highest BCUT2D eigenvalue weighted by Gasteiger charge is 2.39. The lowest BCUT2D eigenvalue weighted by Gasteiger charge is -2.34. The molecule has 0 aliphatic carbocycles. The van der Waals surface area contributed by atoms with Gasteiger partial charge in [0.2, 0.25) is 26.9 Å². The van der Waals surface area contributed by atoms with Crippen LogP contribution in [0.1, 0.15) is 37.6 Å². The summed E-state index contributed by atoms with van der Waals surface area (Å²) in [6.07, 6.45) is 1.98. The SMILES string of the molecule is C[C@@H]1CN(c2nc(-c3cccc(F)n3)ccc2C(=O)PS(=O)(=O)c2cccnc2F)C(C)(C)C1. The second-order valence-corrected chi connectivity index (χ2v) is 13.2. The summed E-state index contributed by atoms with van der Waals surface area (Å²) in [7, 11) is -5.51. The molecule has 178 valence electrons. The quantitative estimate of drug-likeness (QED) is 0.356. The highest BCUT2D eigenvalue weighted by atomic mass is 32.8. The molecule has 0 aromatic carbocycles. The zero-order chi connectivity index (χ0) is 24.7. The molecular formula is C23H23F2N4O3PS. The van der Waals surface area contributed by atoms with Crippen LogP contribution in [0.2, 0.25) is 0 Å². The molecule has 11 heteroatoms. The number of carbonyl (C=O) groups is 1. The summed E-state index contributed by atoms with van der Waals surface area (Å²) in [5, 5.41) is 0. The third-order valence-corrected chi connectivity index (χ3v) is 9.30. The van der Waals surface area contributed by atoms with Gasteiger partial charge in [-0.15, -0.1) is 0 Å². The van der Waals surface area contributed by atoms with Crippen molar-refractivity contribution in [1.29, 1.82) is 0 Å². The van der Waals surface area contributed by atoms with E-state index in [1.807, 2.05) is 18.7 Å². The van der Waals surface area contributed by atoms with Crippen molar-refractivity contribution in [3.63, 3.8) is 0 Å². The summed E-state index contributed by atoms with van der Waals surface area (Å²) in [6.45, 7) is 6.72. The number of hydrogen-bond acceptors (Lipinski definition) is 7. The molecule has 0 radical (unpaired) electrons. The highest BCUT2D eigenvalue weighted by Crippen LogP contribution is 2.41. The molecule has 4 heterocycles. The summed E-state index contributed by atoms with van der Waals surface area (Å²) in [5.41, 5.74) is -0.301. The molecule has 1 aliphatic rings. The predicted octanol–water partition coefficient (Wildman–Crippen LogP) is 4.65. The van der Waals surface area contributed by atoms with Gasteiger partial charge in [0.25, 0.3) is 0 Å². The van der Waals surface area contributed by atoms with Gasteiger partial charge in [-0.05, 0) is 62.6 Å². The fourth-order valence-electron chi connectivity index (χ4n) is 4.29. The molecule has 0 bridgehead atoms. The van der Waals surface area contributed by atoms with Crippen LogP contribution >= 0.6 is 7.78 Å². The number of pyridine rings is 3. The van der Waals surface area contributed by atoms with E-state index >= 15 is 0 Å². The zero-order valence-corrected chi connectivity index (χ0v) is 20.6. The number of nitrogens with zero attached hydrogens (tertiary/aromatic N) is 4. The maximum Gasteiger partial charge on any atom is 0.231 e. The van der Waals surface area contributed by atoms with Crippen LogP contribution in [-0.2, 0) is 9.46 Å². The van der Waals surface area contributed by atoms with Gasteiger partial charge in [0.1, 0.15) is 10.7 Å². The fraction of sp³-hybridized carbons (Fsp3) is 0.304. The number of hydrogen-bond donors (Lipinski definition) is 0. The van der Waals surface area contributed by atoms with E-state index in [2.05, 4.69) is 21.9 Å². The summed E-state index contributed by atoms with van der Waals surface area (Å²) in [4.78, 5) is 26.5. The average molecular weight is 504 g/mol. The lowest BCUT2D eigenvalue weighted by Crippen LogP contribution is -2.39. The number of halogens is 2. The standard InChI is InChI=1S/C23H23F2N4O3PS/c1-14-12-23(2,3)29(13-14)21-15(9-10-17(28-21)16-6-4-8-19(24)27-16)22(30)33-34(31,32)18-7-5-11-26-20(18)25/h4-11,14,33H,12-13H2,1-3H3/t14-/m0/s1. The van der Waals surface area contributed by atoms with Crippen molar-refractivity contribution >= 4 is 28.6 Å². The van der Waals surface area contributed by atoms with Gasteiger partial charge in [-0.25, -0.2) is 23.4 Å². The topological polar surface area (TPSA) is 93.1 Å². The molecule has 0 saturated carbocycles. The van der Waals surface area contributed by atoms with E-state index in [1.165, 1.54) is 30.3 Å². The monoisotopic (exact) mass is 504 g/mol. The Kier molecular flexibility index (Phi) is 6.48. The van der Waals surface area contributed by atoms with Crippen molar-refractivity contribution in [2.24, 2.45) is 5.92 Å². The van der Waals surface area contributed by atoms with Crippen molar-refractivity contribution < 1.29 is 22.0 Å². The molecule has 3 aromatic rings. The van der Waals surface area contributed by atoms with Gasteiger partial charge < -0.3 is 4.90 Å². The van der Waals surface area contributed by atoms with Crippen molar-refractivity contribution in [2.75, 3.05) is 11.4 Å². The van der Waals surface area contributed by atoms with E-state index in [9.17, 15) is 22.0 Å². The minimum Gasteiger partial charge on any atom is -0.351 e. The van der Waals surface area contributed by atoms with Gasteiger partial charge in [-0.2, -0.15) is 8.78 Å². The second-order valence-electron chi connectivity index (χ2n) is 8.87. The average Bonchev–Trinajstić information content (AvgIpc) is 3.04. The Morgan fingerprint density at radius 2 is 1.82 bits per heavy atom. The Hall–Kier alpha value is -2.84. The van der Waals surface area contributed by atoms with E-state index < -0.39 is 39.6 Å². The van der Waals surface area contributed by atoms with E-state index in [0.717, 1.165) is 18.7 Å². The first-order valence-corrected chi connectivity index (χ1v) is 13.8. The Bertz CT molecular complexity index is 1370. The van der Waals surface area contributed by atoms with Crippen molar-refractivity contribution in [3.05, 3.63) is 66.1 Å². The lowest BCUT2D eigenvalue weighted by molar-refractivity contribution is 0.108. The first-order valence-electron chi connectivity index (χ1n) is 10.6. The van der Waals surface area contributed by atoms with Crippen LogP contribution in [0.5, 0.6) is 0 Å². The molecule has 1 aliphatic heterocycles. The van der Waals surface area contributed by atoms with Crippen LogP contribution in [0, 0.1) is 17.8 Å². The van der Waals surface area contributed by atoms with Gasteiger partial charge in [0, 0.05) is 18.3 Å². The van der Waals surface area contributed by atoms with E-state index in [1.54, 1.807) is 6.07 Å². The minimum atomic E-state index is -4.25. The van der Waals surface area contributed by atoms with Crippen LogP contribution < -0.4 is 4.90 Å². The normalized spacial score (nSPS) is 18.0. The van der Waals surface area contributed by atoms with Gasteiger partial charge in [-0.3, -0.25) is 4.79 Å². The summed E-state index contributed by atoms with van der Waals surface area (Å²) in [5.74, 6) is -1.20.